The molecule has 1 amide bonds. The minimum absolute atomic E-state index is 0.174. The van der Waals surface area contributed by atoms with Crippen molar-refractivity contribution in [2.24, 2.45) is 0 Å². The van der Waals surface area contributed by atoms with Gasteiger partial charge in [0.1, 0.15) is 6.61 Å². The van der Waals surface area contributed by atoms with Crippen molar-refractivity contribution < 1.29 is 9.53 Å². The predicted molar refractivity (Wildman–Crippen MR) is 161 cm³/mol. The van der Waals surface area contributed by atoms with Crippen molar-refractivity contribution in [2.45, 2.75) is 19.1 Å². The van der Waals surface area contributed by atoms with Gasteiger partial charge < -0.3 is 15.0 Å². The van der Waals surface area contributed by atoms with Crippen molar-refractivity contribution in [1.29, 1.82) is 0 Å². The van der Waals surface area contributed by atoms with Crippen LogP contribution >= 0.6 is 11.6 Å². The highest BCUT2D eigenvalue weighted by Crippen LogP contribution is 2.30. The molecule has 0 saturated carbocycles. The predicted octanol–water partition coefficient (Wildman–Crippen LogP) is 5.00. The second-order valence-corrected chi connectivity index (χ2v) is 10.9. The molecule has 1 aliphatic carbocycles. The van der Waals surface area contributed by atoms with Crippen molar-refractivity contribution in [1.82, 2.24) is 25.0 Å². The highest BCUT2D eigenvalue weighted by Gasteiger charge is 2.26. The number of fused-ring (bicyclic) bond motifs is 1. The molecule has 7 nitrogen and oxygen atoms in total. The Kier molecular flexibility index (Phi) is 9.84. The van der Waals surface area contributed by atoms with Gasteiger partial charge in [-0.25, -0.2) is 4.79 Å². The summed E-state index contributed by atoms with van der Waals surface area (Å²) in [6.07, 6.45) is 10.8. The van der Waals surface area contributed by atoms with E-state index in [1.54, 1.807) is 4.90 Å². The summed E-state index contributed by atoms with van der Waals surface area (Å²) in [5, 5.41) is 4.12. The Morgan fingerprint density at radius 3 is 2.58 bits per heavy atom. The first kappa shape index (κ1) is 28.3. The van der Waals surface area contributed by atoms with Crippen LogP contribution in [0.3, 0.4) is 0 Å². The molecule has 1 unspecified atom stereocenters. The van der Waals surface area contributed by atoms with Gasteiger partial charge in [-0.3, -0.25) is 14.8 Å². The van der Waals surface area contributed by atoms with Crippen LogP contribution in [0.5, 0.6) is 0 Å². The fraction of sp³-hybridized carbons (Fsp3) is 0.375. The van der Waals surface area contributed by atoms with Gasteiger partial charge in [-0.2, -0.15) is 0 Å². The number of pyridine rings is 1. The van der Waals surface area contributed by atoms with E-state index in [-0.39, 0.29) is 18.7 Å². The van der Waals surface area contributed by atoms with Gasteiger partial charge in [0.15, 0.2) is 0 Å². The van der Waals surface area contributed by atoms with Gasteiger partial charge in [0.05, 0.1) is 11.7 Å². The highest BCUT2D eigenvalue weighted by atomic mass is 35.5. The number of carbonyl (C=O) groups excluding carboxylic acids is 1. The number of hydrogen-bond acceptors (Lipinski definition) is 6. The molecule has 2 fully saturated rings. The maximum atomic E-state index is 12.7. The molecule has 0 radical (unpaired) electrons. The van der Waals surface area contributed by atoms with E-state index in [2.05, 4.69) is 39.9 Å². The molecule has 0 bridgehead atoms. The molecule has 2 aliphatic heterocycles. The Morgan fingerprint density at radius 1 is 1.02 bits per heavy atom. The second-order valence-electron chi connectivity index (χ2n) is 10.4. The molecule has 3 aliphatic rings. The van der Waals surface area contributed by atoms with E-state index in [9.17, 15) is 4.79 Å². The first-order chi connectivity index (χ1) is 19.6. The lowest BCUT2D eigenvalue weighted by Gasteiger charge is -2.35. The average Bonchev–Trinajstić information content (AvgIpc) is 3.01. The zero-order valence-electron chi connectivity index (χ0n) is 23.0. The fourth-order valence-corrected chi connectivity index (χ4v) is 5.66. The van der Waals surface area contributed by atoms with Crippen molar-refractivity contribution in [2.75, 3.05) is 58.9 Å². The van der Waals surface area contributed by atoms with E-state index >= 15 is 0 Å². The number of nitrogens with one attached hydrogen (secondary N) is 1. The fourth-order valence-electron chi connectivity index (χ4n) is 5.44. The molecular formula is C32H38ClN5O2. The molecular weight excluding hydrogens is 522 g/mol. The number of ether oxygens (including phenoxy) is 1. The maximum absolute atomic E-state index is 12.7. The molecule has 2 aromatic rings. The van der Waals surface area contributed by atoms with E-state index in [4.69, 9.17) is 21.3 Å². The topological polar surface area (TPSA) is 60.9 Å². The second kappa shape index (κ2) is 13.9. The van der Waals surface area contributed by atoms with Crippen molar-refractivity contribution >= 4 is 23.8 Å². The van der Waals surface area contributed by atoms with Crippen LogP contribution in [0.15, 0.2) is 89.6 Å². The highest BCUT2D eigenvalue weighted by molar-refractivity contribution is 6.31. The van der Waals surface area contributed by atoms with Crippen LogP contribution in [-0.2, 0) is 11.3 Å². The Balaban J connectivity index is 1.30. The molecule has 210 valence electrons. The van der Waals surface area contributed by atoms with E-state index in [1.807, 2.05) is 54.7 Å². The first-order valence-corrected chi connectivity index (χ1v) is 14.5. The maximum Gasteiger partial charge on any atom is 0.410 e. The summed E-state index contributed by atoms with van der Waals surface area (Å²) in [5.74, 6) is 0. The molecule has 5 rings (SSSR count). The summed E-state index contributed by atoms with van der Waals surface area (Å²) in [6.45, 7) is 12.1. The van der Waals surface area contributed by atoms with Gasteiger partial charge in [0.25, 0.3) is 0 Å². The number of hydrogen-bond donors (Lipinski definition) is 1. The standard InChI is InChI=1S/C32H38ClN5O2/c1-25-21-29(33)10-5-11-30(37-15-13-34-14-16-37)31-27(9-6-12-35-31)22-28(25)23-36-17-19-38(20-18-36)32(39)40-24-26-7-3-2-4-8-26/h2-10,12,21-22,30,34H,1,11,13-20,23-24H2/b10-5-,28-22?,29-21+. The molecule has 1 atom stereocenters. The zero-order chi connectivity index (χ0) is 27.7. The van der Waals surface area contributed by atoms with Crippen LogP contribution < -0.4 is 5.32 Å². The van der Waals surface area contributed by atoms with Crippen LogP contribution in [0.4, 0.5) is 4.79 Å². The lowest BCUT2D eigenvalue weighted by atomic mass is 9.98. The molecule has 3 heterocycles. The van der Waals surface area contributed by atoms with Crippen LogP contribution in [0.2, 0.25) is 0 Å². The SMILES string of the molecule is C=C1/C=C(Cl)\C=C/CC(N2CCNCC2)c2ncccc2C=C1CN1CCN(C(=O)OCc2ccccc2)CC1. The summed E-state index contributed by atoms with van der Waals surface area (Å²) in [6, 6.07) is 14.1. The van der Waals surface area contributed by atoms with Gasteiger partial charge in [-0.1, -0.05) is 60.7 Å². The summed E-state index contributed by atoms with van der Waals surface area (Å²) in [5.41, 5.74) is 5.17. The molecule has 8 heteroatoms. The number of carbonyl (C=O) groups is 1. The summed E-state index contributed by atoms with van der Waals surface area (Å²) >= 11 is 6.62. The third-order valence-electron chi connectivity index (χ3n) is 7.70. The molecule has 1 N–H and O–H groups in total. The zero-order valence-corrected chi connectivity index (χ0v) is 23.7. The van der Waals surface area contributed by atoms with Crippen molar-refractivity contribution in [3.8, 4) is 0 Å². The van der Waals surface area contributed by atoms with E-state index in [1.165, 1.54) is 0 Å². The Morgan fingerprint density at radius 2 is 1.80 bits per heavy atom. The summed E-state index contributed by atoms with van der Waals surface area (Å²) < 4.78 is 5.55. The van der Waals surface area contributed by atoms with Crippen LogP contribution in [0.1, 0.15) is 29.3 Å². The van der Waals surface area contributed by atoms with Gasteiger partial charge in [-0.15, -0.1) is 0 Å². The number of amides is 1. The minimum atomic E-state index is -0.262. The first-order valence-electron chi connectivity index (χ1n) is 14.1. The molecule has 0 spiro atoms. The molecule has 40 heavy (non-hydrogen) atoms. The number of aromatic nitrogens is 1. The lowest BCUT2D eigenvalue weighted by Crippen LogP contribution is -2.49. The average molecular weight is 560 g/mol. The number of nitrogens with zero attached hydrogens (tertiary/aromatic N) is 4. The van der Waals surface area contributed by atoms with Crippen LogP contribution in [0.25, 0.3) is 6.08 Å². The Bertz CT molecular complexity index is 1260. The van der Waals surface area contributed by atoms with Crippen LogP contribution in [0, 0.1) is 0 Å². The van der Waals surface area contributed by atoms with Crippen molar-refractivity contribution in [3.05, 3.63) is 106 Å². The molecule has 2 saturated heterocycles. The molecule has 1 aromatic carbocycles. The number of allylic oxidation sites excluding steroid dienone is 3. The van der Waals surface area contributed by atoms with E-state index in [0.717, 1.165) is 73.7 Å². The van der Waals surface area contributed by atoms with Gasteiger partial charge in [-0.05, 0) is 53.0 Å². The lowest BCUT2D eigenvalue weighted by molar-refractivity contribution is 0.0738. The minimum Gasteiger partial charge on any atom is -0.445 e. The monoisotopic (exact) mass is 559 g/mol. The van der Waals surface area contributed by atoms with Gasteiger partial charge >= 0.3 is 6.09 Å². The summed E-state index contributed by atoms with van der Waals surface area (Å²) in [4.78, 5) is 24.2. The van der Waals surface area contributed by atoms with Gasteiger partial charge in [0, 0.05) is 70.1 Å². The quantitative estimate of drug-likeness (QED) is 0.556. The van der Waals surface area contributed by atoms with Gasteiger partial charge in [0.2, 0.25) is 0 Å². The number of rotatable bonds is 5. The van der Waals surface area contributed by atoms with E-state index in [0.29, 0.717) is 24.7 Å². The largest absolute Gasteiger partial charge is 0.445 e. The smallest absolute Gasteiger partial charge is 0.410 e. The van der Waals surface area contributed by atoms with Crippen molar-refractivity contribution in [3.63, 3.8) is 0 Å². The molecule has 1 aromatic heterocycles. The number of benzene rings is 1. The Labute approximate surface area is 242 Å². The summed E-state index contributed by atoms with van der Waals surface area (Å²) in [7, 11) is 0. The van der Waals surface area contributed by atoms with Crippen LogP contribution in [-0.4, -0.2) is 84.7 Å². The number of piperazine rings is 2. The Hall–Kier alpha value is -3.23. The van der Waals surface area contributed by atoms with E-state index < -0.39 is 0 Å². The third-order valence-corrected chi connectivity index (χ3v) is 7.93. The third kappa shape index (κ3) is 7.49. The normalized spacial score (nSPS) is 23.3. The number of halogens is 1.